The second-order valence-electron chi connectivity index (χ2n) is 4.40. The van der Waals surface area contributed by atoms with Crippen LogP contribution in [-0.4, -0.2) is 18.6 Å². The number of esters is 1. The van der Waals surface area contributed by atoms with Crippen molar-refractivity contribution in [2.24, 2.45) is 0 Å². The summed E-state index contributed by atoms with van der Waals surface area (Å²) in [7, 11) is 0. The van der Waals surface area contributed by atoms with E-state index in [0.717, 1.165) is 25.0 Å². The first-order chi connectivity index (χ1) is 9.84. The van der Waals surface area contributed by atoms with Crippen molar-refractivity contribution in [3.63, 3.8) is 0 Å². The molecular formula is C13H18ClFNO4P. The van der Waals surface area contributed by atoms with E-state index < -0.39 is 24.7 Å². The third kappa shape index (κ3) is 6.93. The molecule has 0 aliphatic rings. The van der Waals surface area contributed by atoms with Crippen LogP contribution in [0.2, 0.25) is 0 Å². The van der Waals surface area contributed by atoms with Crippen LogP contribution in [0.3, 0.4) is 0 Å². The molecule has 0 saturated heterocycles. The number of nitrogens with one attached hydrogen (secondary N) is 1. The highest BCUT2D eigenvalue weighted by atomic mass is 35.7. The lowest BCUT2D eigenvalue weighted by molar-refractivity contribution is -0.145. The Kier molecular flexibility index (Phi) is 7.15. The lowest BCUT2D eigenvalue weighted by Gasteiger charge is -2.18. The van der Waals surface area contributed by atoms with Crippen LogP contribution >= 0.6 is 18.1 Å². The van der Waals surface area contributed by atoms with E-state index in [1.54, 1.807) is 0 Å². The number of carbonyl (C=O) groups excluding carboxylic acids is 1. The Morgan fingerprint density at radius 3 is 2.62 bits per heavy atom. The molecule has 0 fully saturated rings. The summed E-state index contributed by atoms with van der Waals surface area (Å²) in [5.74, 6) is -0.881. The number of unbranched alkanes of at least 4 members (excludes halogenated alkanes) is 1. The van der Waals surface area contributed by atoms with Gasteiger partial charge in [0.15, 0.2) is 0 Å². The molecule has 0 bridgehead atoms. The largest absolute Gasteiger partial charge is 0.465 e. The Hall–Kier alpha value is -1.10. The average molecular weight is 338 g/mol. The highest BCUT2D eigenvalue weighted by molar-refractivity contribution is 7.84. The first kappa shape index (κ1) is 18.0. The van der Waals surface area contributed by atoms with Gasteiger partial charge >= 0.3 is 12.8 Å². The molecule has 118 valence electrons. The summed E-state index contributed by atoms with van der Waals surface area (Å²) >= 11 is 5.73. The molecule has 0 saturated carbocycles. The minimum absolute atomic E-state index is 0.133. The SMILES string of the molecule is CCCCOC(=O)[C@H](C)NP(=O)(Cl)Oc1ccc(F)cc1. The zero-order valence-corrected chi connectivity index (χ0v) is 13.5. The second kappa shape index (κ2) is 8.37. The van der Waals surface area contributed by atoms with Crippen LogP contribution in [0.1, 0.15) is 26.7 Å². The number of rotatable bonds is 8. The van der Waals surface area contributed by atoms with E-state index >= 15 is 0 Å². The van der Waals surface area contributed by atoms with Gasteiger partial charge in [-0.05, 0) is 37.6 Å². The standard InChI is InChI=1S/C13H18ClFNO4P/c1-3-4-9-19-13(17)10(2)16-21(14,18)20-12-7-5-11(15)6-8-12/h5-8,10H,3-4,9H2,1-2H3,(H,16,18)/t10-,21?/m0/s1. The Labute approximate surface area is 128 Å². The van der Waals surface area contributed by atoms with Gasteiger partial charge in [0.05, 0.1) is 6.61 Å². The third-order valence-corrected chi connectivity index (χ3v) is 4.12. The van der Waals surface area contributed by atoms with Gasteiger partial charge in [-0.2, -0.15) is 0 Å². The third-order valence-electron chi connectivity index (χ3n) is 2.48. The molecule has 1 rings (SSSR count). The molecule has 0 amide bonds. The number of hydrogen-bond donors (Lipinski definition) is 1. The van der Waals surface area contributed by atoms with Gasteiger partial charge in [0.25, 0.3) is 0 Å². The van der Waals surface area contributed by atoms with Crippen LogP contribution in [0, 0.1) is 5.82 Å². The molecule has 0 spiro atoms. The predicted octanol–water partition coefficient (Wildman–Crippen LogP) is 3.87. The van der Waals surface area contributed by atoms with Gasteiger partial charge in [0, 0.05) is 11.2 Å². The number of benzene rings is 1. The normalized spacial score (nSPS) is 15.0. The van der Waals surface area contributed by atoms with E-state index in [9.17, 15) is 13.8 Å². The summed E-state index contributed by atoms with van der Waals surface area (Å²) in [5.41, 5.74) is 0. The molecule has 21 heavy (non-hydrogen) atoms. The lowest BCUT2D eigenvalue weighted by Crippen LogP contribution is -2.33. The summed E-state index contributed by atoms with van der Waals surface area (Å²) in [4.78, 5) is 11.6. The van der Waals surface area contributed by atoms with Crippen LogP contribution < -0.4 is 9.61 Å². The van der Waals surface area contributed by atoms with E-state index in [1.807, 2.05) is 6.92 Å². The van der Waals surface area contributed by atoms with Crippen LogP contribution in [0.5, 0.6) is 5.75 Å². The Balaban J connectivity index is 2.52. The Bertz CT molecular complexity index is 511. The van der Waals surface area contributed by atoms with Crippen molar-refractivity contribution in [1.29, 1.82) is 0 Å². The maximum Gasteiger partial charge on any atom is 0.409 e. The lowest BCUT2D eigenvalue weighted by atomic mass is 10.3. The molecule has 1 aromatic carbocycles. The molecular weight excluding hydrogens is 320 g/mol. The predicted molar refractivity (Wildman–Crippen MR) is 79.0 cm³/mol. The Morgan fingerprint density at radius 1 is 1.43 bits per heavy atom. The van der Waals surface area contributed by atoms with E-state index in [1.165, 1.54) is 19.1 Å². The number of halogens is 2. The molecule has 0 aromatic heterocycles. The summed E-state index contributed by atoms with van der Waals surface area (Å²) in [6, 6.07) is 3.99. The van der Waals surface area contributed by atoms with Crippen molar-refractivity contribution in [1.82, 2.24) is 5.09 Å². The second-order valence-corrected chi connectivity index (χ2v) is 7.13. The van der Waals surface area contributed by atoms with E-state index in [0.29, 0.717) is 6.61 Å². The molecule has 0 aliphatic carbocycles. The van der Waals surface area contributed by atoms with Crippen LogP contribution in [-0.2, 0) is 14.1 Å². The van der Waals surface area contributed by atoms with Gasteiger partial charge in [-0.25, -0.2) is 14.0 Å². The molecule has 5 nitrogen and oxygen atoms in total. The van der Waals surface area contributed by atoms with E-state index in [-0.39, 0.29) is 5.75 Å². The van der Waals surface area contributed by atoms with Crippen molar-refractivity contribution in [3.05, 3.63) is 30.1 Å². The van der Waals surface area contributed by atoms with Crippen molar-refractivity contribution >= 4 is 24.1 Å². The van der Waals surface area contributed by atoms with Gasteiger partial charge in [0.2, 0.25) is 0 Å². The highest BCUT2D eigenvalue weighted by Crippen LogP contribution is 2.48. The first-order valence-electron chi connectivity index (χ1n) is 6.53. The Morgan fingerprint density at radius 2 is 2.05 bits per heavy atom. The van der Waals surface area contributed by atoms with Crippen molar-refractivity contribution in [3.8, 4) is 5.75 Å². The van der Waals surface area contributed by atoms with Gasteiger partial charge < -0.3 is 9.26 Å². The molecule has 0 radical (unpaired) electrons. The summed E-state index contributed by atoms with van der Waals surface area (Å²) in [6.45, 7) is -0.0405. The highest BCUT2D eigenvalue weighted by Gasteiger charge is 2.28. The van der Waals surface area contributed by atoms with Crippen molar-refractivity contribution in [2.45, 2.75) is 32.7 Å². The molecule has 0 heterocycles. The molecule has 0 aliphatic heterocycles. The zero-order valence-electron chi connectivity index (χ0n) is 11.8. The maximum atomic E-state index is 12.7. The van der Waals surface area contributed by atoms with E-state index in [2.05, 4.69) is 5.09 Å². The summed E-state index contributed by atoms with van der Waals surface area (Å²) in [6.07, 6.45) is 1.65. The van der Waals surface area contributed by atoms with Gasteiger partial charge in [-0.1, -0.05) is 13.3 Å². The quantitative estimate of drug-likeness (QED) is 0.443. The number of ether oxygens (including phenoxy) is 1. The maximum absolute atomic E-state index is 12.7. The van der Waals surface area contributed by atoms with Crippen molar-refractivity contribution in [2.75, 3.05) is 6.61 Å². The molecule has 1 aromatic rings. The first-order valence-corrected chi connectivity index (χ1v) is 9.06. The van der Waals surface area contributed by atoms with Crippen LogP contribution in [0.15, 0.2) is 24.3 Å². The fourth-order valence-corrected chi connectivity index (χ4v) is 3.08. The topological polar surface area (TPSA) is 64.6 Å². The number of hydrogen-bond acceptors (Lipinski definition) is 4. The minimum atomic E-state index is -3.78. The zero-order chi connectivity index (χ0) is 15.9. The van der Waals surface area contributed by atoms with Gasteiger partial charge in [-0.3, -0.25) is 4.79 Å². The monoisotopic (exact) mass is 337 g/mol. The van der Waals surface area contributed by atoms with Gasteiger partial charge in [0.1, 0.15) is 17.6 Å². The fourth-order valence-electron chi connectivity index (χ4n) is 1.38. The van der Waals surface area contributed by atoms with Crippen molar-refractivity contribution < 1.29 is 23.0 Å². The smallest absolute Gasteiger partial charge is 0.409 e. The van der Waals surface area contributed by atoms with Crippen LogP contribution in [0.25, 0.3) is 0 Å². The summed E-state index contributed by atoms with van der Waals surface area (Å²) in [5, 5.41) is 2.38. The number of carbonyl (C=O) groups is 1. The molecule has 1 N–H and O–H groups in total. The summed E-state index contributed by atoms with van der Waals surface area (Å²) < 4.78 is 34.8. The molecule has 2 atom stereocenters. The minimum Gasteiger partial charge on any atom is -0.465 e. The van der Waals surface area contributed by atoms with E-state index in [4.69, 9.17) is 20.5 Å². The average Bonchev–Trinajstić information content (AvgIpc) is 2.40. The van der Waals surface area contributed by atoms with Crippen LogP contribution in [0.4, 0.5) is 4.39 Å². The molecule has 8 heteroatoms. The van der Waals surface area contributed by atoms with Gasteiger partial charge in [-0.15, -0.1) is 0 Å². The molecule has 1 unspecified atom stereocenters. The fraction of sp³-hybridized carbons (Fsp3) is 0.462.